The summed E-state index contributed by atoms with van der Waals surface area (Å²) in [4.78, 5) is 12.0. The Morgan fingerprint density at radius 2 is 1.77 bits per heavy atom. The topological polar surface area (TPSA) is 56.3 Å². The van der Waals surface area contributed by atoms with E-state index < -0.39 is 0 Å². The summed E-state index contributed by atoms with van der Waals surface area (Å²) in [5.74, 6) is 3.24. The zero-order valence-electron chi connectivity index (χ0n) is 17.7. The van der Waals surface area contributed by atoms with Crippen molar-refractivity contribution in [3.63, 3.8) is 0 Å². The van der Waals surface area contributed by atoms with Crippen LogP contribution in [0.2, 0.25) is 0 Å². The molecule has 0 fully saturated rings. The van der Waals surface area contributed by atoms with Gasteiger partial charge in [0.25, 0.3) is 0 Å². The van der Waals surface area contributed by atoms with E-state index in [0.29, 0.717) is 13.0 Å². The Hall–Kier alpha value is -3.12. The van der Waals surface area contributed by atoms with E-state index in [1.54, 1.807) is 25.6 Å². The number of benzene rings is 2. The van der Waals surface area contributed by atoms with Gasteiger partial charge >= 0.3 is 0 Å². The van der Waals surface area contributed by atoms with Gasteiger partial charge < -0.3 is 14.8 Å². The van der Waals surface area contributed by atoms with Crippen molar-refractivity contribution in [3.8, 4) is 11.5 Å². The SMILES string of the molecule is COc1ccc(CNc2nc(Cc3ccccc3)nc3sc(C)c(C)c23)c(OC)c1. The monoisotopic (exact) mass is 419 g/mol. The standard InChI is InChI=1S/C24H25N3O2S/c1-15-16(2)30-24-22(15)23(26-21(27-24)12-17-8-6-5-7-9-17)25-14-18-10-11-19(28-3)13-20(18)29-4/h5-11,13H,12,14H2,1-4H3,(H,25,26,27). The number of aryl methyl sites for hydroxylation is 2. The average Bonchev–Trinajstić information content (AvgIpc) is 3.06. The van der Waals surface area contributed by atoms with E-state index in [-0.39, 0.29) is 0 Å². The van der Waals surface area contributed by atoms with Crippen LogP contribution in [0.15, 0.2) is 48.5 Å². The summed E-state index contributed by atoms with van der Waals surface area (Å²) in [6.45, 7) is 4.86. The predicted octanol–water partition coefficient (Wildman–Crippen LogP) is 5.53. The van der Waals surface area contributed by atoms with Crippen molar-refractivity contribution >= 4 is 27.4 Å². The van der Waals surface area contributed by atoms with Crippen molar-refractivity contribution in [2.24, 2.45) is 0 Å². The van der Waals surface area contributed by atoms with Gasteiger partial charge in [0.15, 0.2) is 0 Å². The highest BCUT2D eigenvalue weighted by atomic mass is 32.1. The number of anilines is 1. The van der Waals surface area contributed by atoms with E-state index in [0.717, 1.165) is 38.9 Å². The van der Waals surface area contributed by atoms with Crippen LogP contribution in [-0.2, 0) is 13.0 Å². The molecule has 0 saturated carbocycles. The molecule has 30 heavy (non-hydrogen) atoms. The van der Waals surface area contributed by atoms with Crippen molar-refractivity contribution < 1.29 is 9.47 Å². The lowest BCUT2D eigenvalue weighted by Gasteiger charge is -2.13. The first-order valence-electron chi connectivity index (χ1n) is 9.84. The Morgan fingerprint density at radius 3 is 2.50 bits per heavy atom. The van der Waals surface area contributed by atoms with Crippen LogP contribution in [-0.4, -0.2) is 24.2 Å². The lowest BCUT2D eigenvalue weighted by atomic mass is 10.1. The third-order valence-electron chi connectivity index (χ3n) is 5.22. The van der Waals surface area contributed by atoms with Gasteiger partial charge in [-0.2, -0.15) is 0 Å². The molecule has 0 saturated heterocycles. The molecule has 0 radical (unpaired) electrons. The van der Waals surface area contributed by atoms with Crippen LogP contribution in [0.25, 0.3) is 10.2 Å². The van der Waals surface area contributed by atoms with E-state index in [2.05, 4.69) is 31.3 Å². The quantitative estimate of drug-likeness (QED) is 0.427. The van der Waals surface area contributed by atoms with Crippen molar-refractivity contribution in [2.75, 3.05) is 19.5 Å². The van der Waals surface area contributed by atoms with Crippen LogP contribution in [0.1, 0.15) is 27.4 Å². The fraction of sp³-hybridized carbons (Fsp3) is 0.250. The predicted molar refractivity (Wildman–Crippen MR) is 123 cm³/mol. The molecule has 0 aliphatic carbocycles. The molecule has 0 bridgehead atoms. The number of hydrogen-bond donors (Lipinski definition) is 1. The fourth-order valence-corrected chi connectivity index (χ4v) is 4.50. The van der Waals surface area contributed by atoms with Crippen molar-refractivity contribution in [2.45, 2.75) is 26.8 Å². The Labute approximate surface area is 180 Å². The van der Waals surface area contributed by atoms with E-state index in [1.165, 1.54) is 16.0 Å². The van der Waals surface area contributed by atoms with E-state index in [9.17, 15) is 0 Å². The van der Waals surface area contributed by atoms with Gasteiger partial charge in [-0.1, -0.05) is 30.3 Å². The maximum atomic E-state index is 5.54. The number of thiophene rings is 1. The van der Waals surface area contributed by atoms with Gasteiger partial charge in [-0.25, -0.2) is 9.97 Å². The number of nitrogens with zero attached hydrogens (tertiary/aromatic N) is 2. The largest absolute Gasteiger partial charge is 0.497 e. The Balaban J connectivity index is 1.68. The normalized spacial score (nSPS) is 10.9. The summed E-state index contributed by atoms with van der Waals surface area (Å²) in [5.41, 5.74) is 3.47. The molecular weight excluding hydrogens is 394 g/mol. The second-order valence-corrected chi connectivity index (χ2v) is 8.35. The summed E-state index contributed by atoms with van der Waals surface area (Å²) in [5, 5.41) is 4.63. The van der Waals surface area contributed by atoms with Gasteiger partial charge in [0.05, 0.1) is 19.6 Å². The highest BCUT2D eigenvalue weighted by Crippen LogP contribution is 2.34. The second-order valence-electron chi connectivity index (χ2n) is 7.15. The Kier molecular flexibility index (Phi) is 5.86. The number of hydrogen-bond acceptors (Lipinski definition) is 6. The molecule has 154 valence electrons. The van der Waals surface area contributed by atoms with Crippen molar-refractivity contribution in [1.82, 2.24) is 9.97 Å². The number of methoxy groups -OCH3 is 2. The summed E-state index contributed by atoms with van der Waals surface area (Å²) in [7, 11) is 3.33. The minimum atomic E-state index is 0.596. The van der Waals surface area contributed by atoms with Gasteiger partial charge in [0, 0.05) is 29.5 Å². The van der Waals surface area contributed by atoms with E-state index in [1.807, 2.05) is 36.4 Å². The van der Waals surface area contributed by atoms with Gasteiger partial charge in [-0.15, -0.1) is 11.3 Å². The molecule has 4 rings (SSSR count). The third kappa shape index (κ3) is 4.09. The number of rotatable bonds is 7. The minimum Gasteiger partial charge on any atom is -0.497 e. The highest BCUT2D eigenvalue weighted by molar-refractivity contribution is 7.18. The molecule has 0 aliphatic rings. The summed E-state index contributed by atoms with van der Waals surface area (Å²) < 4.78 is 10.8. The van der Waals surface area contributed by atoms with Gasteiger partial charge in [0.2, 0.25) is 0 Å². The molecular formula is C24H25N3O2S. The van der Waals surface area contributed by atoms with Crippen LogP contribution in [0.4, 0.5) is 5.82 Å². The molecule has 0 unspecified atom stereocenters. The molecule has 5 nitrogen and oxygen atoms in total. The summed E-state index contributed by atoms with van der Waals surface area (Å²) in [6.07, 6.45) is 0.702. The zero-order chi connectivity index (χ0) is 21.1. The molecule has 0 atom stereocenters. The number of nitrogens with one attached hydrogen (secondary N) is 1. The van der Waals surface area contributed by atoms with Crippen LogP contribution in [0.3, 0.4) is 0 Å². The van der Waals surface area contributed by atoms with Crippen LogP contribution in [0, 0.1) is 13.8 Å². The molecule has 0 amide bonds. The first-order valence-corrected chi connectivity index (χ1v) is 10.7. The molecule has 2 aromatic heterocycles. The van der Waals surface area contributed by atoms with Crippen LogP contribution >= 0.6 is 11.3 Å². The molecule has 6 heteroatoms. The van der Waals surface area contributed by atoms with Gasteiger partial charge in [0.1, 0.15) is 28.0 Å². The van der Waals surface area contributed by atoms with E-state index in [4.69, 9.17) is 19.4 Å². The molecule has 0 spiro atoms. The zero-order valence-corrected chi connectivity index (χ0v) is 18.5. The van der Waals surface area contributed by atoms with Crippen molar-refractivity contribution in [3.05, 3.63) is 75.9 Å². The summed E-state index contributed by atoms with van der Waals surface area (Å²) >= 11 is 1.72. The molecule has 4 aromatic rings. The van der Waals surface area contributed by atoms with Crippen molar-refractivity contribution in [1.29, 1.82) is 0 Å². The van der Waals surface area contributed by atoms with Gasteiger partial charge in [-0.05, 0) is 37.1 Å². The first kappa shape index (κ1) is 20.2. The maximum absolute atomic E-state index is 5.54. The number of aromatic nitrogens is 2. The maximum Gasteiger partial charge on any atom is 0.139 e. The highest BCUT2D eigenvalue weighted by Gasteiger charge is 2.15. The van der Waals surface area contributed by atoms with Crippen LogP contribution < -0.4 is 14.8 Å². The fourth-order valence-electron chi connectivity index (χ4n) is 3.46. The first-order chi connectivity index (χ1) is 14.6. The average molecular weight is 420 g/mol. The Morgan fingerprint density at radius 1 is 0.967 bits per heavy atom. The van der Waals surface area contributed by atoms with Gasteiger partial charge in [-0.3, -0.25) is 0 Å². The third-order valence-corrected chi connectivity index (χ3v) is 6.32. The smallest absolute Gasteiger partial charge is 0.139 e. The molecule has 2 heterocycles. The molecule has 1 N–H and O–H groups in total. The van der Waals surface area contributed by atoms with Crippen LogP contribution in [0.5, 0.6) is 11.5 Å². The summed E-state index contributed by atoms with van der Waals surface area (Å²) in [6, 6.07) is 16.2. The molecule has 0 aliphatic heterocycles. The molecule has 2 aromatic carbocycles. The van der Waals surface area contributed by atoms with E-state index >= 15 is 0 Å². The number of fused-ring (bicyclic) bond motifs is 1. The Bertz CT molecular complexity index is 1170. The minimum absolute atomic E-state index is 0.596. The lowest BCUT2D eigenvalue weighted by Crippen LogP contribution is -2.07. The second kappa shape index (κ2) is 8.71. The number of ether oxygens (including phenoxy) is 2. The lowest BCUT2D eigenvalue weighted by molar-refractivity contribution is 0.391.